The molecule has 0 saturated heterocycles. The molecule has 0 aromatic heterocycles. The molecule has 0 unspecified atom stereocenters. The van der Waals surface area contributed by atoms with Crippen molar-refractivity contribution < 1.29 is 23.8 Å². The van der Waals surface area contributed by atoms with Crippen LogP contribution in [0.5, 0.6) is 11.5 Å². The van der Waals surface area contributed by atoms with Crippen molar-refractivity contribution in [3.63, 3.8) is 0 Å². The molecule has 1 aromatic carbocycles. The Balaban J connectivity index is 2.50. The zero-order valence-corrected chi connectivity index (χ0v) is 17.5. The van der Waals surface area contributed by atoms with E-state index in [1.54, 1.807) is 17.9 Å². The molecule has 1 aliphatic rings. The number of allylic oxidation sites excluding steroid dienone is 1. The Labute approximate surface area is 166 Å². The third-order valence-electron chi connectivity index (χ3n) is 4.39. The van der Waals surface area contributed by atoms with Crippen molar-refractivity contribution in [2.45, 2.75) is 47.1 Å². The van der Waals surface area contributed by atoms with Crippen LogP contribution in [-0.4, -0.2) is 43.1 Å². The number of esters is 1. The lowest BCUT2D eigenvalue weighted by Gasteiger charge is -2.22. The average molecular weight is 387 g/mol. The highest BCUT2D eigenvalue weighted by molar-refractivity contribution is 6.16. The predicted molar refractivity (Wildman–Crippen MR) is 108 cm³/mol. The first-order chi connectivity index (χ1) is 13.3. The Morgan fingerprint density at radius 3 is 2.46 bits per heavy atom. The average Bonchev–Trinajstić information content (AvgIpc) is 2.90. The van der Waals surface area contributed by atoms with Crippen LogP contribution >= 0.6 is 0 Å². The van der Waals surface area contributed by atoms with Crippen LogP contribution in [0.25, 0.3) is 6.08 Å². The van der Waals surface area contributed by atoms with Gasteiger partial charge in [0.2, 0.25) is 0 Å². The van der Waals surface area contributed by atoms with Gasteiger partial charge in [0.05, 0.1) is 31.5 Å². The molecule has 0 fully saturated rings. The second-order valence-electron chi connectivity index (χ2n) is 6.77. The van der Waals surface area contributed by atoms with E-state index in [4.69, 9.17) is 14.2 Å². The van der Waals surface area contributed by atoms with E-state index in [-0.39, 0.29) is 11.9 Å². The molecule has 28 heavy (non-hydrogen) atoms. The summed E-state index contributed by atoms with van der Waals surface area (Å²) in [4.78, 5) is 26.9. The first-order valence-corrected chi connectivity index (χ1v) is 9.60. The molecule has 0 atom stereocenters. The van der Waals surface area contributed by atoms with E-state index in [2.05, 4.69) is 0 Å². The Morgan fingerprint density at radius 1 is 1.18 bits per heavy atom. The highest BCUT2D eigenvalue weighted by Crippen LogP contribution is 2.35. The summed E-state index contributed by atoms with van der Waals surface area (Å²) in [5.74, 6) is 0.537. The Hall–Kier alpha value is -2.76. The van der Waals surface area contributed by atoms with Crippen LogP contribution in [0.4, 0.5) is 0 Å². The van der Waals surface area contributed by atoms with Crippen LogP contribution in [0, 0.1) is 0 Å². The summed E-state index contributed by atoms with van der Waals surface area (Å²) in [5.41, 5.74) is 1.97. The molecule has 152 valence electrons. The summed E-state index contributed by atoms with van der Waals surface area (Å²) in [6.07, 6.45) is 2.59. The predicted octanol–water partition coefficient (Wildman–Crippen LogP) is 3.96. The lowest BCUT2D eigenvalue weighted by atomic mass is 10.0. The first-order valence-electron chi connectivity index (χ1n) is 9.60. The van der Waals surface area contributed by atoms with E-state index in [1.165, 1.54) is 7.11 Å². The molecule has 0 aliphatic carbocycles. The van der Waals surface area contributed by atoms with Gasteiger partial charge in [-0.1, -0.05) is 13.0 Å². The fraction of sp³-hybridized carbons (Fsp3) is 0.455. The van der Waals surface area contributed by atoms with Crippen LogP contribution in [0.15, 0.2) is 35.0 Å². The third kappa shape index (κ3) is 4.38. The first kappa shape index (κ1) is 21.5. The van der Waals surface area contributed by atoms with Crippen LogP contribution < -0.4 is 9.47 Å². The normalized spacial score (nSPS) is 15.6. The maximum atomic E-state index is 13.0. The molecule has 0 saturated carbocycles. The van der Waals surface area contributed by atoms with Crippen LogP contribution in [0.3, 0.4) is 0 Å². The van der Waals surface area contributed by atoms with Gasteiger partial charge >= 0.3 is 5.97 Å². The van der Waals surface area contributed by atoms with E-state index in [1.807, 2.05) is 45.9 Å². The molecule has 2 rings (SSSR count). The van der Waals surface area contributed by atoms with E-state index >= 15 is 0 Å². The number of hydrogen-bond acceptors (Lipinski definition) is 5. The largest absolute Gasteiger partial charge is 0.490 e. The van der Waals surface area contributed by atoms with Crippen molar-refractivity contribution in [2.75, 3.05) is 20.3 Å². The number of benzene rings is 1. The molecule has 6 heteroatoms. The summed E-state index contributed by atoms with van der Waals surface area (Å²) < 4.78 is 16.3. The molecule has 0 spiro atoms. The SMILES string of the molecule is CCCOc1ccc(/C=C2\C(=O)N(C(C)C)C(C)=C2C(=O)OC)cc1OCC. The van der Waals surface area contributed by atoms with Crippen molar-refractivity contribution >= 4 is 18.0 Å². The molecular weight excluding hydrogens is 358 g/mol. The number of carbonyl (C=O) groups is 2. The highest BCUT2D eigenvalue weighted by Gasteiger charge is 2.38. The minimum atomic E-state index is -0.520. The summed E-state index contributed by atoms with van der Waals surface area (Å²) >= 11 is 0. The van der Waals surface area contributed by atoms with Gasteiger partial charge in [-0.15, -0.1) is 0 Å². The van der Waals surface area contributed by atoms with Crippen molar-refractivity contribution in [3.8, 4) is 11.5 Å². The smallest absolute Gasteiger partial charge is 0.340 e. The minimum absolute atomic E-state index is 0.0677. The fourth-order valence-corrected chi connectivity index (χ4v) is 3.20. The van der Waals surface area contributed by atoms with Gasteiger partial charge in [-0.3, -0.25) is 4.79 Å². The zero-order valence-electron chi connectivity index (χ0n) is 17.5. The van der Waals surface area contributed by atoms with Crippen LogP contribution in [0.1, 0.15) is 46.6 Å². The molecule has 6 nitrogen and oxygen atoms in total. The number of nitrogens with zero attached hydrogens (tertiary/aromatic N) is 1. The quantitative estimate of drug-likeness (QED) is 0.499. The summed E-state index contributed by atoms with van der Waals surface area (Å²) in [6.45, 7) is 10.6. The molecule has 1 aliphatic heterocycles. The van der Waals surface area contributed by atoms with Gasteiger partial charge in [0, 0.05) is 11.7 Å². The molecular formula is C22H29NO5. The number of methoxy groups -OCH3 is 1. The highest BCUT2D eigenvalue weighted by atomic mass is 16.5. The summed E-state index contributed by atoms with van der Waals surface area (Å²) in [7, 11) is 1.32. The Kier molecular flexibility index (Phi) is 7.26. The van der Waals surface area contributed by atoms with Gasteiger partial charge in [-0.25, -0.2) is 4.79 Å². The monoisotopic (exact) mass is 387 g/mol. The van der Waals surface area contributed by atoms with Gasteiger partial charge in [0.25, 0.3) is 5.91 Å². The Morgan fingerprint density at radius 2 is 1.89 bits per heavy atom. The van der Waals surface area contributed by atoms with E-state index < -0.39 is 5.97 Å². The van der Waals surface area contributed by atoms with Crippen molar-refractivity contribution in [3.05, 3.63) is 40.6 Å². The number of hydrogen-bond donors (Lipinski definition) is 0. The van der Waals surface area contributed by atoms with E-state index in [0.29, 0.717) is 41.6 Å². The topological polar surface area (TPSA) is 65.1 Å². The van der Waals surface area contributed by atoms with Gasteiger partial charge in [-0.2, -0.15) is 0 Å². The van der Waals surface area contributed by atoms with Crippen molar-refractivity contribution in [2.24, 2.45) is 0 Å². The van der Waals surface area contributed by atoms with Gasteiger partial charge in [0.1, 0.15) is 0 Å². The second kappa shape index (κ2) is 9.44. The number of rotatable bonds is 8. The molecule has 0 N–H and O–H groups in total. The van der Waals surface area contributed by atoms with Crippen molar-refractivity contribution in [1.29, 1.82) is 0 Å². The third-order valence-corrected chi connectivity index (χ3v) is 4.39. The molecule has 0 bridgehead atoms. The van der Waals surface area contributed by atoms with Gasteiger partial charge in [0.15, 0.2) is 11.5 Å². The molecule has 1 heterocycles. The zero-order chi connectivity index (χ0) is 20.8. The molecule has 1 amide bonds. The molecule has 0 radical (unpaired) electrons. The van der Waals surface area contributed by atoms with Gasteiger partial charge < -0.3 is 19.1 Å². The maximum absolute atomic E-state index is 13.0. The fourth-order valence-electron chi connectivity index (χ4n) is 3.20. The second-order valence-corrected chi connectivity index (χ2v) is 6.77. The van der Waals surface area contributed by atoms with Crippen molar-refractivity contribution in [1.82, 2.24) is 4.90 Å². The maximum Gasteiger partial charge on any atom is 0.340 e. The van der Waals surface area contributed by atoms with Crippen LogP contribution in [-0.2, 0) is 14.3 Å². The lowest BCUT2D eigenvalue weighted by molar-refractivity contribution is -0.136. The standard InChI is InChI=1S/C22H29NO5/c1-7-11-28-18-10-9-16(13-19(18)27-8-2)12-17-20(22(25)26-6)15(5)23(14(3)4)21(17)24/h9-10,12-14H,7-8,11H2,1-6H3/b17-12-. The number of amides is 1. The minimum Gasteiger partial charge on any atom is -0.490 e. The van der Waals surface area contributed by atoms with Crippen LogP contribution in [0.2, 0.25) is 0 Å². The summed E-state index contributed by atoms with van der Waals surface area (Å²) in [6, 6.07) is 5.41. The van der Waals surface area contributed by atoms with E-state index in [0.717, 1.165) is 12.0 Å². The summed E-state index contributed by atoms with van der Waals surface area (Å²) in [5, 5.41) is 0. The van der Waals surface area contributed by atoms with Gasteiger partial charge in [-0.05, 0) is 57.9 Å². The lowest BCUT2D eigenvalue weighted by Crippen LogP contribution is -2.31. The number of carbonyl (C=O) groups excluding carboxylic acids is 2. The molecule has 1 aromatic rings. The number of ether oxygens (including phenoxy) is 3. The van der Waals surface area contributed by atoms with E-state index in [9.17, 15) is 9.59 Å². The Bertz CT molecular complexity index is 807.